The maximum absolute atomic E-state index is 12.3. The molecule has 3 rings (SSSR count). The second-order valence-corrected chi connectivity index (χ2v) is 5.58. The fraction of sp³-hybridized carbons (Fsp3) is 0.235. The molecule has 0 fully saturated rings. The van der Waals surface area contributed by atoms with Crippen molar-refractivity contribution in [2.24, 2.45) is 0 Å². The second kappa shape index (κ2) is 6.28. The molecule has 1 aliphatic rings. The van der Waals surface area contributed by atoms with Crippen LogP contribution in [0.3, 0.4) is 0 Å². The van der Waals surface area contributed by atoms with Crippen LogP contribution < -0.4 is 14.8 Å². The zero-order chi connectivity index (χ0) is 15.5. The summed E-state index contributed by atoms with van der Waals surface area (Å²) in [7, 11) is 0. The van der Waals surface area contributed by atoms with Gasteiger partial charge in [0.05, 0.1) is 6.04 Å². The van der Waals surface area contributed by atoms with Crippen molar-refractivity contribution >= 4 is 17.5 Å². The lowest BCUT2D eigenvalue weighted by atomic mass is 10.1. The first kappa shape index (κ1) is 14.7. The van der Waals surface area contributed by atoms with Crippen LogP contribution in [0.1, 0.15) is 18.5 Å². The van der Waals surface area contributed by atoms with Gasteiger partial charge in [-0.3, -0.25) is 4.79 Å². The minimum atomic E-state index is -0.648. The summed E-state index contributed by atoms with van der Waals surface area (Å²) >= 11 is 5.87. The van der Waals surface area contributed by atoms with Gasteiger partial charge >= 0.3 is 0 Å². The van der Waals surface area contributed by atoms with Gasteiger partial charge in [-0.2, -0.15) is 0 Å². The molecule has 0 saturated heterocycles. The van der Waals surface area contributed by atoms with E-state index in [-0.39, 0.29) is 18.6 Å². The van der Waals surface area contributed by atoms with Crippen LogP contribution in [-0.4, -0.2) is 18.6 Å². The summed E-state index contributed by atoms with van der Waals surface area (Å²) in [5.41, 5.74) is 0.981. The number of carbonyl (C=O) groups excluding carboxylic acids is 1. The molecular weight excluding hydrogens is 302 g/mol. The smallest absolute Gasteiger partial charge is 0.265 e. The van der Waals surface area contributed by atoms with Crippen molar-refractivity contribution in [2.75, 3.05) is 6.61 Å². The van der Waals surface area contributed by atoms with Gasteiger partial charge in [0.1, 0.15) is 6.61 Å². The normalized spacial score (nSPS) is 17.6. The number of halogens is 1. The minimum absolute atomic E-state index is 0.134. The third kappa shape index (κ3) is 3.17. The van der Waals surface area contributed by atoms with E-state index in [4.69, 9.17) is 21.1 Å². The summed E-state index contributed by atoms with van der Waals surface area (Å²) in [5, 5.41) is 3.60. The van der Waals surface area contributed by atoms with Crippen LogP contribution in [0.2, 0.25) is 5.02 Å². The van der Waals surface area contributed by atoms with Crippen LogP contribution >= 0.6 is 11.6 Å². The standard InChI is InChI=1S/C17H16ClNO3/c1-11(12-6-8-13(18)9-7-12)19-17(20)16-10-21-14-4-2-3-5-15(14)22-16/h2-9,11,16H,10H2,1H3,(H,19,20)/t11-,16+/m1/s1. The molecule has 2 aromatic carbocycles. The van der Waals surface area contributed by atoms with E-state index in [0.717, 1.165) is 5.56 Å². The molecule has 0 aliphatic carbocycles. The Kier molecular flexibility index (Phi) is 4.20. The third-order valence-electron chi connectivity index (χ3n) is 3.53. The summed E-state index contributed by atoms with van der Waals surface area (Å²) in [6.45, 7) is 2.12. The predicted molar refractivity (Wildman–Crippen MR) is 84.4 cm³/mol. The van der Waals surface area contributed by atoms with Gasteiger partial charge in [-0.15, -0.1) is 0 Å². The molecule has 4 nitrogen and oxygen atoms in total. The lowest BCUT2D eigenvalue weighted by Gasteiger charge is -2.26. The molecule has 0 aromatic heterocycles. The fourth-order valence-electron chi connectivity index (χ4n) is 2.29. The topological polar surface area (TPSA) is 47.6 Å². The molecule has 0 bridgehead atoms. The van der Waals surface area contributed by atoms with Crippen LogP contribution in [0.5, 0.6) is 11.5 Å². The number of rotatable bonds is 3. The van der Waals surface area contributed by atoms with Gasteiger partial charge in [-0.1, -0.05) is 35.9 Å². The Morgan fingerprint density at radius 2 is 1.86 bits per heavy atom. The maximum Gasteiger partial charge on any atom is 0.265 e. The number of benzene rings is 2. The molecule has 0 saturated carbocycles. The summed E-state index contributed by atoms with van der Waals surface area (Å²) in [4.78, 5) is 12.3. The van der Waals surface area contributed by atoms with Crippen molar-refractivity contribution in [3.8, 4) is 11.5 Å². The van der Waals surface area contributed by atoms with Crippen molar-refractivity contribution in [2.45, 2.75) is 19.1 Å². The molecule has 2 aromatic rings. The molecule has 1 amide bonds. The van der Waals surface area contributed by atoms with Crippen LogP contribution in [-0.2, 0) is 4.79 Å². The number of hydrogen-bond acceptors (Lipinski definition) is 3. The van der Waals surface area contributed by atoms with Gasteiger partial charge in [-0.25, -0.2) is 0 Å². The van der Waals surface area contributed by atoms with E-state index in [1.165, 1.54) is 0 Å². The molecular formula is C17H16ClNO3. The first-order valence-electron chi connectivity index (χ1n) is 7.08. The van der Waals surface area contributed by atoms with Gasteiger partial charge in [0.2, 0.25) is 6.10 Å². The monoisotopic (exact) mass is 317 g/mol. The lowest BCUT2D eigenvalue weighted by Crippen LogP contribution is -2.44. The van der Waals surface area contributed by atoms with Gasteiger partial charge in [0.15, 0.2) is 11.5 Å². The molecule has 2 atom stereocenters. The molecule has 0 unspecified atom stereocenters. The highest BCUT2D eigenvalue weighted by atomic mass is 35.5. The lowest BCUT2D eigenvalue weighted by molar-refractivity contribution is -0.131. The largest absolute Gasteiger partial charge is 0.485 e. The van der Waals surface area contributed by atoms with Crippen molar-refractivity contribution in [3.63, 3.8) is 0 Å². The molecule has 0 spiro atoms. The van der Waals surface area contributed by atoms with Gasteiger partial charge < -0.3 is 14.8 Å². The van der Waals surface area contributed by atoms with Crippen molar-refractivity contribution in [3.05, 3.63) is 59.1 Å². The van der Waals surface area contributed by atoms with Crippen LogP contribution in [0, 0.1) is 0 Å². The Labute approximate surface area is 134 Å². The number of fused-ring (bicyclic) bond motifs is 1. The molecule has 5 heteroatoms. The highest BCUT2D eigenvalue weighted by Crippen LogP contribution is 2.31. The Hall–Kier alpha value is -2.20. The summed E-state index contributed by atoms with van der Waals surface area (Å²) in [6.07, 6.45) is -0.648. The van der Waals surface area contributed by atoms with Gasteiger partial charge in [0, 0.05) is 5.02 Å². The summed E-state index contributed by atoms with van der Waals surface area (Å²) in [5.74, 6) is 1.06. The average Bonchev–Trinajstić information content (AvgIpc) is 2.55. The number of amides is 1. The van der Waals surface area contributed by atoms with E-state index < -0.39 is 6.10 Å². The predicted octanol–water partition coefficient (Wildman–Crippen LogP) is 3.36. The van der Waals surface area contributed by atoms with E-state index in [1.54, 1.807) is 18.2 Å². The summed E-state index contributed by atoms with van der Waals surface area (Å²) < 4.78 is 11.2. The highest BCUT2D eigenvalue weighted by Gasteiger charge is 2.28. The Morgan fingerprint density at radius 1 is 1.18 bits per heavy atom. The van der Waals surface area contributed by atoms with E-state index >= 15 is 0 Å². The van der Waals surface area contributed by atoms with Gasteiger partial charge in [0.25, 0.3) is 5.91 Å². The Morgan fingerprint density at radius 3 is 2.59 bits per heavy atom. The van der Waals surface area contributed by atoms with Crippen LogP contribution in [0.4, 0.5) is 0 Å². The molecule has 22 heavy (non-hydrogen) atoms. The van der Waals surface area contributed by atoms with E-state index in [9.17, 15) is 4.79 Å². The number of hydrogen-bond donors (Lipinski definition) is 1. The zero-order valence-corrected chi connectivity index (χ0v) is 12.8. The number of ether oxygens (including phenoxy) is 2. The Bertz CT molecular complexity index is 672. The SMILES string of the molecule is C[C@@H](NC(=O)[C@@H]1COc2ccccc2O1)c1ccc(Cl)cc1. The molecule has 0 radical (unpaired) electrons. The molecule has 114 valence electrons. The first-order valence-corrected chi connectivity index (χ1v) is 7.45. The number of para-hydroxylation sites is 2. The van der Waals surface area contributed by atoms with Crippen LogP contribution in [0.15, 0.2) is 48.5 Å². The van der Waals surface area contributed by atoms with Crippen molar-refractivity contribution < 1.29 is 14.3 Å². The zero-order valence-electron chi connectivity index (χ0n) is 12.1. The van der Waals surface area contributed by atoms with E-state index in [1.807, 2.05) is 37.3 Å². The maximum atomic E-state index is 12.3. The van der Waals surface area contributed by atoms with Crippen LogP contribution in [0.25, 0.3) is 0 Å². The van der Waals surface area contributed by atoms with E-state index in [0.29, 0.717) is 16.5 Å². The third-order valence-corrected chi connectivity index (χ3v) is 3.78. The summed E-state index contributed by atoms with van der Waals surface area (Å²) in [6, 6.07) is 14.6. The Balaban J connectivity index is 1.64. The fourth-order valence-corrected chi connectivity index (χ4v) is 2.42. The molecule has 1 heterocycles. The minimum Gasteiger partial charge on any atom is -0.485 e. The second-order valence-electron chi connectivity index (χ2n) is 5.15. The highest BCUT2D eigenvalue weighted by molar-refractivity contribution is 6.30. The molecule has 1 aliphatic heterocycles. The first-order chi connectivity index (χ1) is 10.6. The van der Waals surface area contributed by atoms with E-state index in [2.05, 4.69) is 5.32 Å². The van der Waals surface area contributed by atoms with Gasteiger partial charge in [-0.05, 0) is 36.8 Å². The van der Waals surface area contributed by atoms with Crippen molar-refractivity contribution in [1.29, 1.82) is 0 Å². The average molecular weight is 318 g/mol. The quantitative estimate of drug-likeness (QED) is 0.944. The molecule has 1 N–H and O–H groups in total. The number of nitrogens with one attached hydrogen (secondary N) is 1. The van der Waals surface area contributed by atoms with Crippen molar-refractivity contribution in [1.82, 2.24) is 5.32 Å². The number of carbonyl (C=O) groups is 1.